The fourth-order valence-electron chi connectivity index (χ4n) is 4.56. The zero-order valence-electron chi connectivity index (χ0n) is 16.9. The molecule has 0 spiro atoms. The first-order valence-corrected chi connectivity index (χ1v) is 10.6. The molecule has 0 amide bonds. The number of aliphatic hydroxyl groups is 1. The van der Waals surface area contributed by atoms with E-state index in [0.29, 0.717) is 13.2 Å². The van der Waals surface area contributed by atoms with E-state index in [4.69, 9.17) is 4.74 Å². The first kappa shape index (κ1) is 19.6. The summed E-state index contributed by atoms with van der Waals surface area (Å²) >= 11 is 0. The minimum absolute atomic E-state index is 0.0130. The number of piperidine rings is 1. The molecule has 1 fully saturated rings. The van der Waals surface area contributed by atoms with Crippen LogP contribution in [0.2, 0.25) is 0 Å². The third-order valence-corrected chi connectivity index (χ3v) is 5.97. The Morgan fingerprint density at radius 1 is 1.00 bits per heavy atom. The predicted molar refractivity (Wildman–Crippen MR) is 113 cm³/mol. The second kappa shape index (κ2) is 9.19. The van der Waals surface area contributed by atoms with Gasteiger partial charge in [-0.05, 0) is 55.2 Å². The smallest absolute Gasteiger partial charge is 0.109 e. The number of β-amino-alcohol motifs (C(OH)–C–C–N with tert-alkyl or cyclic N) is 1. The van der Waals surface area contributed by atoms with Crippen molar-refractivity contribution >= 4 is 0 Å². The number of ether oxygens (including phenoxy) is 1. The Morgan fingerprint density at radius 3 is 2.25 bits per heavy atom. The molecule has 0 saturated carbocycles. The lowest BCUT2D eigenvalue weighted by Gasteiger charge is -2.30. The van der Waals surface area contributed by atoms with Gasteiger partial charge in [-0.1, -0.05) is 55.0 Å². The molecular formula is C24H32N2O2. The van der Waals surface area contributed by atoms with Crippen LogP contribution in [0.4, 0.5) is 0 Å². The van der Waals surface area contributed by atoms with Gasteiger partial charge >= 0.3 is 0 Å². The highest BCUT2D eigenvalue weighted by atomic mass is 16.5. The second-order valence-corrected chi connectivity index (χ2v) is 8.20. The van der Waals surface area contributed by atoms with Crippen LogP contribution in [0.15, 0.2) is 48.5 Å². The molecule has 0 radical (unpaired) electrons. The van der Waals surface area contributed by atoms with E-state index in [1.165, 1.54) is 41.5 Å². The molecule has 1 aliphatic carbocycles. The first-order chi connectivity index (χ1) is 13.7. The first-order valence-electron chi connectivity index (χ1n) is 10.6. The Kier molecular flexibility index (Phi) is 6.43. The van der Waals surface area contributed by atoms with Gasteiger partial charge in [0.15, 0.2) is 0 Å². The van der Waals surface area contributed by atoms with Gasteiger partial charge < -0.3 is 19.6 Å². The largest absolute Gasteiger partial charge is 0.390 e. The Bertz CT molecular complexity index is 727. The van der Waals surface area contributed by atoms with Gasteiger partial charge in [0.05, 0.1) is 12.7 Å². The summed E-state index contributed by atoms with van der Waals surface area (Å²) < 4.78 is 6.32. The van der Waals surface area contributed by atoms with Crippen LogP contribution >= 0.6 is 0 Å². The summed E-state index contributed by atoms with van der Waals surface area (Å²) in [5, 5.41) is 10.4. The topological polar surface area (TPSA) is 35.9 Å². The van der Waals surface area contributed by atoms with Crippen molar-refractivity contribution in [2.45, 2.75) is 31.5 Å². The summed E-state index contributed by atoms with van der Waals surface area (Å²) in [5.74, 6) is 0. The van der Waals surface area contributed by atoms with Crippen LogP contribution in [0, 0.1) is 0 Å². The second-order valence-electron chi connectivity index (χ2n) is 8.20. The van der Waals surface area contributed by atoms with E-state index >= 15 is 0 Å². The minimum atomic E-state index is -0.295. The van der Waals surface area contributed by atoms with Crippen LogP contribution in [0.5, 0.6) is 0 Å². The minimum Gasteiger partial charge on any atom is -0.390 e. The van der Waals surface area contributed by atoms with Gasteiger partial charge in [-0.2, -0.15) is 0 Å². The molecule has 4 rings (SSSR count). The normalized spacial score (nSPS) is 18.2. The average Bonchev–Trinajstić information content (AvgIpc) is 3.03. The number of hydrogen-bond donors (Lipinski definition) is 1. The van der Waals surface area contributed by atoms with Crippen molar-refractivity contribution < 1.29 is 9.84 Å². The molecule has 4 heteroatoms. The Labute approximate surface area is 168 Å². The fraction of sp³-hybridized carbons (Fsp3) is 0.500. The average molecular weight is 381 g/mol. The highest BCUT2D eigenvalue weighted by Gasteiger charge is 2.28. The summed E-state index contributed by atoms with van der Waals surface area (Å²) in [4.78, 5) is 4.58. The van der Waals surface area contributed by atoms with Crippen LogP contribution in [0.3, 0.4) is 0 Å². The van der Waals surface area contributed by atoms with Crippen LogP contribution in [-0.2, 0) is 4.74 Å². The Balaban J connectivity index is 1.28. The molecule has 28 heavy (non-hydrogen) atoms. The van der Waals surface area contributed by atoms with Gasteiger partial charge in [0.2, 0.25) is 0 Å². The molecular weight excluding hydrogens is 348 g/mol. The molecule has 150 valence electrons. The lowest BCUT2D eigenvalue weighted by Crippen LogP contribution is -2.41. The van der Waals surface area contributed by atoms with Crippen molar-refractivity contribution in [2.75, 3.05) is 46.4 Å². The molecule has 1 unspecified atom stereocenters. The van der Waals surface area contributed by atoms with Gasteiger partial charge in [-0.3, -0.25) is 0 Å². The maximum absolute atomic E-state index is 10.4. The van der Waals surface area contributed by atoms with E-state index in [2.05, 4.69) is 65.4 Å². The molecule has 1 atom stereocenters. The van der Waals surface area contributed by atoms with Crippen molar-refractivity contribution in [2.24, 2.45) is 0 Å². The van der Waals surface area contributed by atoms with Gasteiger partial charge in [-0.15, -0.1) is 0 Å². The number of fused-ring (bicyclic) bond motifs is 3. The number of aliphatic hydroxyl groups excluding tert-OH is 1. The lowest BCUT2D eigenvalue weighted by molar-refractivity contribution is 0.0432. The van der Waals surface area contributed by atoms with E-state index in [9.17, 15) is 5.11 Å². The quantitative estimate of drug-likeness (QED) is 0.760. The molecule has 1 heterocycles. The van der Waals surface area contributed by atoms with Crippen LogP contribution in [-0.4, -0.2) is 67.4 Å². The van der Waals surface area contributed by atoms with E-state index in [1.54, 1.807) is 0 Å². The van der Waals surface area contributed by atoms with Crippen LogP contribution in [0.25, 0.3) is 11.1 Å². The molecule has 4 nitrogen and oxygen atoms in total. The zero-order chi connectivity index (χ0) is 19.3. The van der Waals surface area contributed by atoms with Crippen molar-refractivity contribution in [3.63, 3.8) is 0 Å². The highest BCUT2D eigenvalue weighted by molar-refractivity contribution is 5.77. The van der Waals surface area contributed by atoms with Crippen molar-refractivity contribution in [3.05, 3.63) is 59.7 Å². The third kappa shape index (κ3) is 4.47. The predicted octanol–water partition coefficient (Wildman–Crippen LogP) is 3.55. The number of nitrogens with zero attached hydrogens (tertiary/aromatic N) is 2. The van der Waals surface area contributed by atoms with Crippen molar-refractivity contribution in [1.29, 1.82) is 0 Å². The van der Waals surface area contributed by atoms with Gasteiger partial charge in [0, 0.05) is 19.6 Å². The molecule has 1 N–H and O–H groups in total. The van der Waals surface area contributed by atoms with Crippen LogP contribution in [0.1, 0.15) is 36.5 Å². The Morgan fingerprint density at radius 2 is 1.61 bits per heavy atom. The summed E-state index contributed by atoms with van der Waals surface area (Å²) in [5.41, 5.74) is 5.09. The molecule has 0 aromatic heterocycles. The summed E-state index contributed by atoms with van der Waals surface area (Å²) in [6, 6.07) is 17.1. The van der Waals surface area contributed by atoms with E-state index in [0.717, 1.165) is 26.2 Å². The summed E-state index contributed by atoms with van der Waals surface area (Å²) in [6.45, 7) is 5.21. The third-order valence-electron chi connectivity index (χ3n) is 5.97. The maximum atomic E-state index is 10.4. The van der Waals surface area contributed by atoms with Gasteiger partial charge in [0.25, 0.3) is 0 Å². The molecule has 1 aliphatic heterocycles. The fourth-order valence-corrected chi connectivity index (χ4v) is 4.56. The van der Waals surface area contributed by atoms with Gasteiger partial charge in [0.1, 0.15) is 6.10 Å². The molecule has 1 saturated heterocycles. The monoisotopic (exact) mass is 380 g/mol. The number of likely N-dealkylation sites (N-methyl/N-ethyl adjacent to an activating group) is 1. The highest BCUT2D eigenvalue weighted by Crippen LogP contribution is 2.44. The van der Waals surface area contributed by atoms with E-state index < -0.39 is 0 Å². The summed E-state index contributed by atoms with van der Waals surface area (Å²) in [7, 11) is 2.07. The van der Waals surface area contributed by atoms with E-state index in [1.807, 2.05) is 0 Å². The molecule has 2 aromatic carbocycles. The lowest BCUT2D eigenvalue weighted by atomic mass is 10.1. The van der Waals surface area contributed by atoms with Crippen molar-refractivity contribution in [3.8, 4) is 11.1 Å². The Hall–Kier alpha value is -1.72. The number of rotatable bonds is 8. The van der Waals surface area contributed by atoms with Gasteiger partial charge in [-0.25, -0.2) is 0 Å². The van der Waals surface area contributed by atoms with Crippen molar-refractivity contribution in [1.82, 2.24) is 9.80 Å². The molecule has 0 bridgehead atoms. The zero-order valence-corrected chi connectivity index (χ0v) is 16.9. The summed E-state index contributed by atoms with van der Waals surface area (Å²) in [6.07, 6.45) is 3.58. The number of benzene rings is 2. The SMILES string of the molecule is CN(CCOC1c2ccccc2-c2ccccc21)CC(O)CN1CCCCC1. The maximum Gasteiger partial charge on any atom is 0.109 e. The molecule has 2 aromatic rings. The molecule has 2 aliphatic rings. The van der Waals surface area contributed by atoms with E-state index in [-0.39, 0.29) is 12.2 Å². The number of hydrogen-bond acceptors (Lipinski definition) is 4. The number of likely N-dealkylation sites (tertiary alicyclic amines) is 1. The van der Waals surface area contributed by atoms with Crippen LogP contribution < -0.4 is 0 Å². The standard InChI is InChI=1S/C24H32N2O2/c1-25(17-19(27)18-26-13-7-2-8-14-26)15-16-28-24-22-11-5-3-9-20(22)21-10-4-6-12-23(21)24/h3-6,9-12,19,24,27H,2,7-8,13-18H2,1H3.